The highest BCUT2D eigenvalue weighted by atomic mass is 79.9. The van der Waals surface area contributed by atoms with E-state index in [2.05, 4.69) is 15.9 Å². The lowest BCUT2D eigenvalue weighted by Crippen LogP contribution is -2.34. The number of pyridine rings is 1. The highest BCUT2D eigenvalue weighted by molar-refractivity contribution is 9.11. The SMILES string of the molecule is Cc1c(Cl)c(C=Cc2ccc(Br)s2)n(OS(=O)(=O)c2ccccc2C(F)(F)F)c(=O)c1Cl. The van der Waals surface area contributed by atoms with Gasteiger partial charge in [-0.1, -0.05) is 35.3 Å². The number of benzene rings is 1. The molecule has 2 aromatic heterocycles. The van der Waals surface area contributed by atoms with Crippen molar-refractivity contribution in [3.63, 3.8) is 0 Å². The standard InChI is InChI=1S/C19H11BrCl2F3NO4S2/c1-10-16(21)13(8-6-11-7-9-15(20)31-11)26(18(27)17(10)22)30-32(28,29)14-5-3-2-4-12(14)19(23,24)25/h2-9H,1H3. The molecule has 32 heavy (non-hydrogen) atoms. The zero-order valence-electron chi connectivity index (χ0n) is 15.8. The Kier molecular flexibility index (Phi) is 7.16. The van der Waals surface area contributed by atoms with Gasteiger partial charge in [0.05, 0.1) is 14.4 Å². The van der Waals surface area contributed by atoms with Gasteiger partial charge in [-0.15, -0.1) is 16.1 Å². The van der Waals surface area contributed by atoms with Gasteiger partial charge >= 0.3 is 21.9 Å². The second kappa shape index (κ2) is 9.22. The van der Waals surface area contributed by atoms with Gasteiger partial charge in [0, 0.05) is 4.88 Å². The monoisotopic (exact) mass is 587 g/mol. The van der Waals surface area contributed by atoms with Gasteiger partial charge in [0.15, 0.2) is 0 Å². The second-order valence-corrected chi connectivity index (χ2v) is 11.0. The van der Waals surface area contributed by atoms with Crippen molar-refractivity contribution in [3.8, 4) is 0 Å². The molecule has 0 amide bonds. The molecule has 0 aliphatic heterocycles. The number of halogens is 6. The Labute approximate surface area is 202 Å². The molecular weight excluding hydrogens is 578 g/mol. The van der Waals surface area contributed by atoms with E-state index < -0.39 is 37.3 Å². The minimum atomic E-state index is -5.11. The quantitative estimate of drug-likeness (QED) is 0.351. The predicted molar refractivity (Wildman–Crippen MR) is 122 cm³/mol. The van der Waals surface area contributed by atoms with Crippen molar-refractivity contribution >= 4 is 72.7 Å². The Morgan fingerprint density at radius 1 is 1.09 bits per heavy atom. The maximum Gasteiger partial charge on any atom is 0.417 e. The molecule has 0 saturated heterocycles. The first-order valence-electron chi connectivity index (χ1n) is 8.48. The molecular formula is C19H11BrCl2F3NO4S2. The summed E-state index contributed by atoms with van der Waals surface area (Å²) in [5.74, 6) is 0. The fraction of sp³-hybridized carbons (Fsp3) is 0.105. The van der Waals surface area contributed by atoms with Crippen molar-refractivity contribution in [2.45, 2.75) is 18.0 Å². The minimum Gasteiger partial charge on any atom is -0.280 e. The van der Waals surface area contributed by atoms with Gasteiger partial charge in [-0.2, -0.15) is 21.6 Å². The third-order valence-electron chi connectivity index (χ3n) is 4.11. The third-order valence-corrected chi connectivity index (χ3v) is 7.86. The molecule has 170 valence electrons. The minimum absolute atomic E-state index is 0.110. The number of rotatable bonds is 5. The Bertz CT molecular complexity index is 1380. The lowest BCUT2D eigenvalue weighted by molar-refractivity contribution is -0.140. The summed E-state index contributed by atoms with van der Waals surface area (Å²) in [4.78, 5) is 12.2. The number of aromatic nitrogens is 1. The molecule has 2 heterocycles. The Balaban J connectivity index is 2.18. The van der Waals surface area contributed by atoms with Crippen LogP contribution in [0.1, 0.15) is 21.7 Å². The molecule has 0 unspecified atom stereocenters. The van der Waals surface area contributed by atoms with Crippen molar-refractivity contribution in [2.24, 2.45) is 0 Å². The van der Waals surface area contributed by atoms with Crippen molar-refractivity contribution in [1.82, 2.24) is 4.73 Å². The van der Waals surface area contributed by atoms with E-state index in [0.29, 0.717) is 10.9 Å². The van der Waals surface area contributed by atoms with Crippen LogP contribution in [0.25, 0.3) is 12.2 Å². The highest BCUT2D eigenvalue weighted by Crippen LogP contribution is 2.34. The van der Waals surface area contributed by atoms with E-state index in [4.69, 9.17) is 27.5 Å². The fourth-order valence-corrected chi connectivity index (χ4v) is 5.49. The van der Waals surface area contributed by atoms with Crippen LogP contribution in [0.15, 0.2) is 49.9 Å². The highest BCUT2D eigenvalue weighted by Gasteiger charge is 2.38. The largest absolute Gasteiger partial charge is 0.417 e. The Morgan fingerprint density at radius 3 is 2.34 bits per heavy atom. The van der Waals surface area contributed by atoms with Crippen LogP contribution < -0.4 is 9.84 Å². The molecule has 3 rings (SSSR count). The molecule has 13 heteroatoms. The maximum absolute atomic E-state index is 13.3. The van der Waals surface area contributed by atoms with E-state index in [0.717, 1.165) is 22.0 Å². The van der Waals surface area contributed by atoms with Crippen LogP contribution in [0.5, 0.6) is 0 Å². The molecule has 0 aliphatic rings. The maximum atomic E-state index is 13.3. The van der Waals surface area contributed by atoms with Crippen LogP contribution in [0, 0.1) is 6.92 Å². The first-order valence-corrected chi connectivity index (χ1v) is 12.3. The second-order valence-electron chi connectivity index (χ2n) is 6.24. The number of thiophene rings is 1. The van der Waals surface area contributed by atoms with Crippen molar-refractivity contribution in [3.05, 3.63) is 82.3 Å². The van der Waals surface area contributed by atoms with Crippen molar-refractivity contribution in [1.29, 1.82) is 0 Å². The van der Waals surface area contributed by atoms with Gasteiger partial charge in [-0.25, -0.2) is 0 Å². The molecule has 0 aliphatic carbocycles. The summed E-state index contributed by atoms with van der Waals surface area (Å²) in [5, 5.41) is -0.550. The molecule has 0 atom stereocenters. The number of alkyl halides is 3. The number of hydrogen-bond donors (Lipinski definition) is 0. The predicted octanol–water partition coefficient (Wildman–Crippen LogP) is 6.29. The van der Waals surface area contributed by atoms with E-state index >= 15 is 0 Å². The molecule has 1 aromatic carbocycles. The molecule has 0 bridgehead atoms. The van der Waals surface area contributed by atoms with Crippen molar-refractivity contribution in [2.75, 3.05) is 0 Å². The summed E-state index contributed by atoms with van der Waals surface area (Å²) in [6.07, 6.45) is -2.15. The van der Waals surface area contributed by atoms with E-state index in [1.54, 1.807) is 12.1 Å². The summed E-state index contributed by atoms with van der Waals surface area (Å²) in [6.45, 7) is 1.43. The summed E-state index contributed by atoms with van der Waals surface area (Å²) in [6, 6.07) is 6.94. The topological polar surface area (TPSA) is 65.4 Å². The van der Waals surface area contributed by atoms with Crippen LogP contribution in [0.3, 0.4) is 0 Å². The summed E-state index contributed by atoms with van der Waals surface area (Å²) < 4.78 is 71.4. The molecule has 0 radical (unpaired) electrons. The Hall–Kier alpha value is -1.79. The number of nitrogens with zero attached hydrogens (tertiary/aromatic N) is 1. The zero-order valence-corrected chi connectivity index (χ0v) is 20.5. The van der Waals surface area contributed by atoms with Crippen LogP contribution >= 0.6 is 50.5 Å². The van der Waals surface area contributed by atoms with Gasteiger partial charge in [0.1, 0.15) is 15.6 Å². The average molecular weight is 589 g/mol. The van der Waals surface area contributed by atoms with Gasteiger partial charge in [0.25, 0.3) is 0 Å². The molecule has 3 aromatic rings. The van der Waals surface area contributed by atoms with Crippen LogP contribution in [-0.2, 0) is 16.3 Å². The fourth-order valence-electron chi connectivity index (χ4n) is 2.59. The summed E-state index contributed by atoms with van der Waals surface area (Å²) >= 11 is 16.9. The Morgan fingerprint density at radius 2 is 1.75 bits per heavy atom. The summed E-state index contributed by atoms with van der Waals surface area (Å²) in [5.41, 5.74) is -2.61. The van der Waals surface area contributed by atoms with Gasteiger partial charge < -0.3 is 0 Å². The van der Waals surface area contributed by atoms with E-state index in [9.17, 15) is 26.4 Å². The summed E-state index contributed by atoms with van der Waals surface area (Å²) in [7, 11) is -5.11. The first-order chi connectivity index (χ1) is 14.8. The number of hydrogen-bond acceptors (Lipinski definition) is 5. The van der Waals surface area contributed by atoms with Crippen LogP contribution in [0.2, 0.25) is 10.0 Å². The normalized spacial score (nSPS) is 12.5. The van der Waals surface area contributed by atoms with Crippen LogP contribution in [-0.4, -0.2) is 13.1 Å². The van der Waals surface area contributed by atoms with Gasteiger partial charge in [0.2, 0.25) is 0 Å². The smallest absolute Gasteiger partial charge is 0.280 e. The average Bonchev–Trinajstić information content (AvgIpc) is 3.14. The van der Waals surface area contributed by atoms with E-state index in [-0.39, 0.29) is 21.0 Å². The van der Waals surface area contributed by atoms with Crippen molar-refractivity contribution < 1.29 is 25.9 Å². The lowest BCUT2D eigenvalue weighted by Gasteiger charge is -2.17. The molecule has 0 N–H and O–H groups in total. The van der Waals surface area contributed by atoms with Gasteiger partial charge in [-0.05, 0) is 64.8 Å². The van der Waals surface area contributed by atoms with E-state index in [1.165, 1.54) is 30.4 Å². The first kappa shape index (κ1) is 24.8. The molecule has 0 fully saturated rings. The molecule has 5 nitrogen and oxygen atoms in total. The molecule has 0 spiro atoms. The van der Waals surface area contributed by atoms with E-state index in [1.807, 2.05) is 0 Å². The lowest BCUT2D eigenvalue weighted by atomic mass is 10.2. The molecule has 0 saturated carbocycles. The van der Waals surface area contributed by atoms with Crippen LogP contribution in [0.4, 0.5) is 13.2 Å². The van der Waals surface area contributed by atoms with Gasteiger partial charge in [-0.3, -0.25) is 9.08 Å². The zero-order chi connectivity index (χ0) is 23.8. The third kappa shape index (κ3) is 5.07.